The number of nitrogens with zero attached hydrogens (tertiary/aromatic N) is 2. The van der Waals surface area contributed by atoms with Crippen LogP contribution in [0.4, 0.5) is 0 Å². The molecule has 0 fully saturated rings. The Kier molecular flexibility index (Phi) is 3.54. The molecule has 2 aromatic carbocycles. The first-order chi connectivity index (χ1) is 9.58. The summed E-state index contributed by atoms with van der Waals surface area (Å²) < 4.78 is 3.00. The van der Waals surface area contributed by atoms with Crippen molar-refractivity contribution in [1.29, 1.82) is 0 Å². The number of aryl methyl sites for hydroxylation is 1. The van der Waals surface area contributed by atoms with Crippen LogP contribution in [0, 0.1) is 0 Å². The SMILES string of the molecule is Cn1c(-c2cc(Cl)cc(Br)c2)nc2ccc(CN)cc21. The minimum Gasteiger partial charge on any atom is -0.327 e. The van der Waals surface area contributed by atoms with Crippen molar-refractivity contribution in [2.75, 3.05) is 0 Å². The Hall–Kier alpha value is -1.36. The summed E-state index contributed by atoms with van der Waals surface area (Å²) >= 11 is 9.58. The second-order valence-corrected chi connectivity index (χ2v) is 6.03. The predicted molar refractivity (Wildman–Crippen MR) is 86.8 cm³/mol. The van der Waals surface area contributed by atoms with Gasteiger partial charge in [-0.15, -0.1) is 0 Å². The summed E-state index contributed by atoms with van der Waals surface area (Å²) in [7, 11) is 2.00. The van der Waals surface area contributed by atoms with Crippen molar-refractivity contribution in [3.05, 3.63) is 51.5 Å². The molecule has 2 N–H and O–H groups in total. The van der Waals surface area contributed by atoms with Gasteiger partial charge in [0.2, 0.25) is 0 Å². The Labute approximate surface area is 130 Å². The highest BCUT2D eigenvalue weighted by molar-refractivity contribution is 9.10. The lowest BCUT2D eigenvalue weighted by atomic mass is 10.2. The maximum atomic E-state index is 6.12. The summed E-state index contributed by atoms with van der Waals surface area (Å²) in [5, 5.41) is 0.684. The summed E-state index contributed by atoms with van der Waals surface area (Å²) in [5.41, 5.74) is 9.80. The van der Waals surface area contributed by atoms with E-state index in [1.165, 1.54) is 0 Å². The van der Waals surface area contributed by atoms with Gasteiger partial charge in [-0.25, -0.2) is 4.98 Å². The Morgan fingerprint density at radius 2 is 2.05 bits per heavy atom. The quantitative estimate of drug-likeness (QED) is 0.755. The molecule has 3 rings (SSSR count). The first kappa shape index (κ1) is 13.6. The molecule has 3 nitrogen and oxygen atoms in total. The first-order valence-electron chi connectivity index (χ1n) is 6.20. The highest BCUT2D eigenvalue weighted by Gasteiger charge is 2.11. The third-order valence-electron chi connectivity index (χ3n) is 3.30. The third kappa shape index (κ3) is 2.35. The number of fused-ring (bicyclic) bond motifs is 1. The van der Waals surface area contributed by atoms with E-state index in [2.05, 4.69) is 31.5 Å². The molecule has 0 aliphatic rings. The van der Waals surface area contributed by atoms with Gasteiger partial charge in [0, 0.05) is 28.7 Å². The molecular weight excluding hydrogens is 338 g/mol. The lowest BCUT2D eigenvalue weighted by Crippen LogP contribution is -1.97. The van der Waals surface area contributed by atoms with Crippen LogP contribution < -0.4 is 5.73 Å². The fourth-order valence-electron chi connectivity index (χ4n) is 2.30. The average Bonchev–Trinajstić information content (AvgIpc) is 2.74. The Morgan fingerprint density at radius 3 is 2.75 bits per heavy atom. The van der Waals surface area contributed by atoms with Crippen LogP contribution in [-0.2, 0) is 13.6 Å². The molecule has 0 radical (unpaired) electrons. The van der Waals surface area contributed by atoms with Gasteiger partial charge in [-0.05, 0) is 35.9 Å². The van der Waals surface area contributed by atoms with Gasteiger partial charge >= 0.3 is 0 Å². The molecule has 0 saturated heterocycles. The van der Waals surface area contributed by atoms with Crippen molar-refractivity contribution in [2.45, 2.75) is 6.54 Å². The predicted octanol–water partition coefficient (Wildman–Crippen LogP) is 4.11. The van der Waals surface area contributed by atoms with Crippen LogP contribution in [0.3, 0.4) is 0 Å². The van der Waals surface area contributed by atoms with E-state index in [4.69, 9.17) is 17.3 Å². The number of aromatic nitrogens is 2. The number of imidazole rings is 1. The molecule has 0 atom stereocenters. The highest BCUT2D eigenvalue weighted by atomic mass is 79.9. The van der Waals surface area contributed by atoms with Crippen LogP contribution >= 0.6 is 27.5 Å². The zero-order chi connectivity index (χ0) is 14.3. The Balaban J connectivity index is 2.23. The number of hydrogen-bond acceptors (Lipinski definition) is 2. The maximum absolute atomic E-state index is 6.12. The van der Waals surface area contributed by atoms with Crippen LogP contribution in [0.15, 0.2) is 40.9 Å². The molecule has 0 saturated carbocycles. The van der Waals surface area contributed by atoms with E-state index in [0.29, 0.717) is 11.6 Å². The molecule has 0 amide bonds. The van der Waals surface area contributed by atoms with Crippen LogP contribution in [0.2, 0.25) is 5.02 Å². The first-order valence-corrected chi connectivity index (χ1v) is 7.37. The van der Waals surface area contributed by atoms with E-state index in [1.54, 1.807) is 0 Å². The number of halogens is 2. The molecule has 0 spiro atoms. The monoisotopic (exact) mass is 349 g/mol. The minimum absolute atomic E-state index is 0.527. The van der Waals surface area contributed by atoms with Crippen molar-refractivity contribution in [3.63, 3.8) is 0 Å². The number of nitrogens with two attached hydrogens (primary N) is 1. The standard InChI is InChI=1S/C15H13BrClN3/c1-20-14-4-9(8-18)2-3-13(14)19-15(20)10-5-11(16)7-12(17)6-10/h2-7H,8,18H2,1H3. The Bertz CT molecular complexity index is 775. The van der Waals surface area contributed by atoms with E-state index < -0.39 is 0 Å². The molecule has 3 aromatic rings. The van der Waals surface area contributed by atoms with Gasteiger partial charge in [0.25, 0.3) is 0 Å². The second-order valence-electron chi connectivity index (χ2n) is 4.68. The van der Waals surface area contributed by atoms with Crippen LogP contribution in [0.5, 0.6) is 0 Å². The van der Waals surface area contributed by atoms with E-state index in [9.17, 15) is 0 Å². The van der Waals surface area contributed by atoms with Gasteiger partial charge < -0.3 is 10.3 Å². The smallest absolute Gasteiger partial charge is 0.140 e. The van der Waals surface area contributed by atoms with Crippen molar-refractivity contribution in [3.8, 4) is 11.4 Å². The summed E-state index contributed by atoms with van der Waals surface area (Å²) in [6.07, 6.45) is 0. The van der Waals surface area contributed by atoms with Crippen LogP contribution in [0.25, 0.3) is 22.4 Å². The van der Waals surface area contributed by atoms with Crippen molar-refractivity contribution in [1.82, 2.24) is 9.55 Å². The molecule has 0 bridgehead atoms. The molecule has 20 heavy (non-hydrogen) atoms. The van der Waals surface area contributed by atoms with Gasteiger partial charge in [0.05, 0.1) is 11.0 Å². The normalized spacial score (nSPS) is 11.2. The zero-order valence-electron chi connectivity index (χ0n) is 10.9. The van der Waals surface area contributed by atoms with E-state index in [0.717, 1.165) is 32.5 Å². The fraction of sp³-hybridized carbons (Fsp3) is 0.133. The molecule has 0 unspecified atom stereocenters. The lowest BCUT2D eigenvalue weighted by molar-refractivity contribution is 0.956. The summed E-state index contributed by atoms with van der Waals surface area (Å²) in [4.78, 5) is 4.68. The summed E-state index contributed by atoms with van der Waals surface area (Å²) in [5.74, 6) is 0.886. The van der Waals surface area contributed by atoms with Crippen molar-refractivity contribution < 1.29 is 0 Å². The topological polar surface area (TPSA) is 43.8 Å². The van der Waals surface area contributed by atoms with E-state index in [1.807, 2.05) is 37.4 Å². The van der Waals surface area contributed by atoms with Crippen LogP contribution in [-0.4, -0.2) is 9.55 Å². The fourth-order valence-corrected chi connectivity index (χ4v) is 3.16. The molecule has 1 aromatic heterocycles. The second kappa shape index (κ2) is 5.20. The van der Waals surface area contributed by atoms with Crippen molar-refractivity contribution >= 4 is 38.6 Å². The zero-order valence-corrected chi connectivity index (χ0v) is 13.2. The van der Waals surface area contributed by atoms with E-state index in [-0.39, 0.29) is 0 Å². The van der Waals surface area contributed by atoms with Gasteiger partial charge in [0.1, 0.15) is 5.82 Å². The largest absolute Gasteiger partial charge is 0.327 e. The molecule has 102 valence electrons. The van der Waals surface area contributed by atoms with E-state index >= 15 is 0 Å². The van der Waals surface area contributed by atoms with Crippen molar-refractivity contribution in [2.24, 2.45) is 12.8 Å². The lowest BCUT2D eigenvalue weighted by Gasteiger charge is -2.04. The highest BCUT2D eigenvalue weighted by Crippen LogP contribution is 2.29. The maximum Gasteiger partial charge on any atom is 0.140 e. The minimum atomic E-state index is 0.527. The van der Waals surface area contributed by atoms with Gasteiger partial charge in [-0.1, -0.05) is 33.6 Å². The molecule has 0 aliphatic heterocycles. The number of benzene rings is 2. The summed E-state index contributed by atoms with van der Waals surface area (Å²) in [6, 6.07) is 11.9. The molecule has 0 aliphatic carbocycles. The summed E-state index contributed by atoms with van der Waals surface area (Å²) in [6.45, 7) is 0.527. The molecular formula is C15H13BrClN3. The van der Waals surface area contributed by atoms with Crippen LogP contribution in [0.1, 0.15) is 5.56 Å². The molecule has 1 heterocycles. The Morgan fingerprint density at radius 1 is 1.25 bits per heavy atom. The van der Waals surface area contributed by atoms with Gasteiger partial charge in [-0.2, -0.15) is 0 Å². The van der Waals surface area contributed by atoms with Gasteiger partial charge in [-0.3, -0.25) is 0 Å². The van der Waals surface area contributed by atoms with Gasteiger partial charge in [0.15, 0.2) is 0 Å². The number of rotatable bonds is 2. The molecule has 5 heteroatoms. The third-order valence-corrected chi connectivity index (χ3v) is 3.98. The number of hydrogen-bond donors (Lipinski definition) is 1. The average molecular weight is 351 g/mol.